The summed E-state index contributed by atoms with van der Waals surface area (Å²) < 4.78 is 0. The fraction of sp³-hybridized carbons (Fsp3) is 0.0952. The molecule has 4 nitrogen and oxygen atoms in total. The molecule has 0 atom stereocenters. The lowest BCUT2D eigenvalue weighted by molar-refractivity contribution is 0.102. The Bertz CT molecular complexity index is 1130. The number of aromatic nitrogens is 1. The van der Waals surface area contributed by atoms with Crippen molar-refractivity contribution in [3.05, 3.63) is 71.4 Å². The molecule has 0 fully saturated rings. The second kappa shape index (κ2) is 5.67. The molecule has 1 heterocycles. The van der Waals surface area contributed by atoms with Crippen LogP contribution in [0.4, 0.5) is 5.69 Å². The van der Waals surface area contributed by atoms with Crippen molar-refractivity contribution in [2.75, 3.05) is 5.32 Å². The minimum Gasteiger partial charge on any atom is -0.507 e. The van der Waals surface area contributed by atoms with Gasteiger partial charge in [0.2, 0.25) is 0 Å². The molecule has 0 saturated carbocycles. The van der Waals surface area contributed by atoms with E-state index in [1.807, 2.05) is 50.2 Å². The molecule has 0 aliphatic heterocycles. The number of H-pyrrole nitrogens is 1. The minimum atomic E-state index is -0.192. The zero-order chi connectivity index (χ0) is 17.6. The first-order valence-corrected chi connectivity index (χ1v) is 8.15. The molecule has 0 aliphatic rings. The molecule has 25 heavy (non-hydrogen) atoms. The number of aromatic hydroxyl groups is 1. The molecule has 3 aromatic carbocycles. The summed E-state index contributed by atoms with van der Waals surface area (Å²) in [6.45, 7) is 3.98. The van der Waals surface area contributed by atoms with Crippen molar-refractivity contribution >= 4 is 33.3 Å². The summed E-state index contributed by atoms with van der Waals surface area (Å²) in [4.78, 5) is 16.0. The highest BCUT2D eigenvalue weighted by molar-refractivity contribution is 6.11. The van der Waals surface area contributed by atoms with Crippen molar-refractivity contribution in [2.45, 2.75) is 13.8 Å². The van der Waals surface area contributed by atoms with Crippen molar-refractivity contribution in [3.8, 4) is 5.75 Å². The van der Waals surface area contributed by atoms with Crippen LogP contribution >= 0.6 is 0 Å². The van der Waals surface area contributed by atoms with E-state index in [1.165, 1.54) is 0 Å². The molecule has 0 radical (unpaired) electrons. The molecule has 1 aromatic heterocycles. The van der Waals surface area contributed by atoms with Crippen LogP contribution < -0.4 is 5.32 Å². The van der Waals surface area contributed by atoms with Crippen molar-refractivity contribution in [3.63, 3.8) is 0 Å². The van der Waals surface area contributed by atoms with Gasteiger partial charge in [-0.3, -0.25) is 4.79 Å². The Balaban J connectivity index is 1.76. The predicted molar refractivity (Wildman–Crippen MR) is 101 cm³/mol. The number of hydrogen-bond acceptors (Lipinski definition) is 2. The van der Waals surface area contributed by atoms with E-state index in [1.54, 1.807) is 12.1 Å². The number of phenolic OH excluding ortho intramolecular Hbond substituents is 1. The number of rotatable bonds is 2. The zero-order valence-corrected chi connectivity index (χ0v) is 14.1. The molecule has 4 rings (SSSR count). The van der Waals surface area contributed by atoms with Crippen LogP contribution in [0.15, 0.2) is 54.6 Å². The number of phenols is 1. The lowest BCUT2D eigenvalue weighted by Gasteiger charge is -2.09. The highest BCUT2D eigenvalue weighted by atomic mass is 16.3. The Morgan fingerprint density at radius 2 is 1.72 bits per heavy atom. The molecule has 1 amide bonds. The highest BCUT2D eigenvalue weighted by Gasteiger charge is 2.16. The Morgan fingerprint density at radius 3 is 2.56 bits per heavy atom. The number of carbonyl (C=O) groups is 1. The maximum atomic E-state index is 12.8. The number of carbonyl (C=O) groups excluding carboxylic acids is 1. The topological polar surface area (TPSA) is 65.1 Å². The molecular formula is C21H18N2O2. The van der Waals surface area contributed by atoms with Gasteiger partial charge in [0.25, 0.3) is 5.91 Å². The quantitative estimate of drug-likeness (QED) is 0.489. The van der Waals surface area contributed by atoms with Crippen LogP contribution in [0.2, 0.25) is 0 Å². The monoisotopic (exact) mass is 330 g/mol. The van der Waals surface area contributed by atoms with Gasteiger partial charge in [0, 0.05) is 27.4 Å². The maximum Gasteiger partial charge on any atom is 0.272 e. The van der Waals surface area contributed by atoms with E-state index in [2.05, 4.69) is 16.4 Å². The number of fused-ring (bicyclic) bond motifs is 2. The Kier molecular flexibility index (Phi) is 3.46. The second-order valence-corrected chi connectivity index (χ2v) is 6.31. The molecule has 124 valence electrons. The normalized spacial score (nSPS) is 11.1. The molecule has 0 saturated heterocycles. The van der Waals surface area contributed by atoms with Crippen molar-refractivity contribution in [2.24, 2.45) is 0 Å². The summed E-state index contributed by atoms with van der Waals surface area (Å²) >= 11 is 0. The Morgan fingerprint density at radius 1 is 0.960 bits per heavy atom. The SMILES string of the molecule is Cc1ccc2[nH]c(C(=O)Nc3cccc4c(O)cccc34)c(C)c2c1. The molecular weight excluding hydrogens is 312 g/mol. The van der Waals surface area contributed by atoms with Crippen LogP contribution in [0.3, 0.4) is 0 Å². The average Bonchev–Trinajstić information content (AvgIpc) is 2.92. The second-order valence-electron chi connectivity index (χ2n) is 6.31. The summed E-state index contributed by atoms with van der Waals surface area (Å²) in [7, 11) is 0. The molecule has 0 aliphatic carbocycles. The Labute approximate surface area is 145 Å². The molecule has 3 N–H and O–H groups in total. The standard InChI is InChI=1S/C21H18N2O2/c1-12-9-10-18-16(11-12)13(2)20(22-18)21(25)23-17-7-3-6-15-14(17)5-4-8-19(15)24/h3-11,22,24H,1-2H3,(H,23,25). The summed E-state index contributed by atoms with van der Waals surface area (Å²) in [5.41, 5.74) is 4.26. The fourth-order valence-electron chi connectivity index (χ4n) is 3.25. The van der Waals surface area contributed by atoms with E-state index in [0.29, 0.717) is 16.8 Å². The molecule has 0 bridgehead atoms. The van der Waals surface area contributed by atoms with E-state index in [-0.39, 0.29) is 11.7 Å². The molecule has 4 aromatic rings. The van der Waals surface area contributed by atoms with Gasteiger partial charge in [-0.1, -0.05) is 35.9 Å². The van der Waals surface area contributed by atoms with Crippen LogP contribution in [-0.4, -0.2) is 16.0 Å². The average molecular weight is 330 g/mol. The minimum absolute atomic E-state index is 0.192. The van der Waals surface area contributed by atoms with E-state index in [0.717, 1.165) is 27.4 Å². The third-order valence-corrected chi connectivity index (χ3v) is 4.59. The van der Waals surface area contributed by atoms with Crippen LogP contribution in [0.5, 0.6) is 5.75 Å². The van der Waals surface area contributed by atoms with Gasteiger partial charge < -0.3 is 15.4 Å². The summed E-state index contributed by atoms with van der Waals surface area (Å²) in [6.07, 6.45) is 0. The summed E-state index contributed by atoms with van der Waals surface area (Å²) in [5, 5.41) is 15.5. The summed E-state index contributed by atoms with van der Waals surface area (Å²) in [5.74, 6) is 0.00747. The third-order valence-electron chi connectivity index (χ3n) is 4.59. The number of benzene rings is 3. The molecule has 0 unspecified atom stereocenters. The van der Waals surface area contributed by atoms with Gasteiger partial charge in [-0.15, -0.1) is 0 Å². The van der Waals surface area contributed by atoms with Crippen LogP contribution in [0.25, 0.3) is 21.7 Å². The smallest absolute Gasteiger partial charge is 0.272 e. The first-order valence-electron chi connectivity index (χ1n) is 8.15. The van der Waals surface area contributed by atoms with Crippen LogP contribution in [0, 0.1) is 13.8 Å². The molecule has 0 spiro atoms. The number of amides is 1. The largest absolute Gasteiger partial charge is 0.507 e. The third kappa shape index (κ3) is 2.52. The first kappa shape index (κ1) is 15.3. The van der Waals surface area contributed by atoms with Crippen molar-refractivity contribution < 1.29 is 9.90 Å². The number of anilines is 1. The van der Waals surface area contributed by atoms with E-state index < -0.39 is 0 Å². The van der Waals surface area contributed by atoms with Crippen LogP contribution in [-0.2, 0) is 0 Å². The number of hydrogen-bond donors (Lipinski definition) is 3. The zero-order valence-electron chi connectivity index (χ0n) is 14.1. The summed E-state index contributed by atoms with van der Waals surface area (Å²) in [6, 6.07) is 16.9. The lowest BCUT2D eigenvalue weighted by Crippen LogP contribution is -2.13. The van der Waals surface area contributed by atoms with Gasteiger partial charge in [-0.25, -0.2) is 0 Å². The predicted octanol–water partition coefficient (Wildman–Crippen LogP) is 4.90. The first-order chi connectivity index (χ1) is 12.0. The number of aromatic amines is 1. The lowest BCUT2D eigenvalue weighted by atomic mass is 10.1. The Hall–Kier alpha value is -3.27. The van der Waals surface area contributed by atoms with Gasteiger partial charge in [0.15, 0.2) is 0 Å². The molecule has 4 heteroatoms. The number of aryl methyl sites for hydroxylation is 2. The van der Waals surface area contributed by atoms with E-state index in [4.69, 9.17) is 0 Å². The van der Waals surface area contributed by atoms with E-state index >= 15 is 0 Å². The highest BCUT2D eigenvalue weighted by Crippen LogP contribution is 2.30. The van der Waals surface area contributed by atoms with Gasteiger partial charge in [-0.2, -0.15) is 0 Å². The fourth-order valence-corrected chi connectivity index (χ4v) is 3.25. The maximum absolute atomic E-state index is 12.8. The number of nitrogens with one attached hydrogen (secondary N) is 2. The van der Waals surface area contributed by atoms with Gasteiger partial charge in [-0.05, 0) is 43.7 Å². The van der Waals surface area contributed by atoms with Crippen molar-refractivity contribution in [1.29, 1.82) is 0 Å². The van der Waals surface area contributed by atoms with Crippen LogP contribution in [0.1, 0.15) is 21.6 Å². The van der Waals surface area contributed by atoms with Gasteiger partial charge in [0.1, 0.15) is 11.4 Å². The van der Waals surface area contributed by atoms with Crippen molar-refractivity contribution in [1.82, 2.24) is 4.98 Å². The van der Waals surface area contributed by atoms with E-state index in [9.17, 15) is 9.90 Å². The van der Waals surface area contributed by atoms with Gasteiger partial charge in [0.05, 0.1) is 0 Å². The van der Waals surface area contributed by atoms with Gasteiger partial charge >= 0.3 is 0 Å².